The average molecular weight is 399 g/mol. The Morgan fingerprint density at radius 2 is 1.90 bits per heavy atom. The van der Waals surface area contributed by atoms with Gasteiger partial charge in [-0.2, -0.15) is 4.98 Å². The minimum absolute atomic E-state index is 0.0559. The lowest BCUT2D eigenvalue weighted by atomic mass is 10.0. The number of pyridine rings is 1. The zero-order valence-electron chi connectivity index (χ0n) is 17.6. The second-order valence-electron chi connectivity index (χ2n) is 7.69. The Morgan fingerprint density at radius 1 is 1.14 bits per heavy atom. The molecule has 156 valence electrons. The average Bonchev–Trinajstić information content (AvgIpc) is 3.07. The highest BCUT2D eigenvalue weighted by atomic mass is 16.5. The fraction of sp³-hybridized carbons (Fsp3) is 0.455. The van der Waals surface area contributed by atoms with E-state index in [9.17, 15) is 4.79 Å². The quantitative estimate of drug-likeness (QED) is 0.733. The van der Waals surface area contributed by atoms with Crippen LogP contribution in [0.25, 0.3) is 0 Å². The molecule has 7 heteroatoms. The number of hydrogen-bond donors (Lipinski definition) is 1. The predicted octanol–water partition coefficient (Wildman–Crippen LogP) is 1.89. The standard InChI is InChI=1S/C22H30N4O3/c1-25(2)13-17-14-26(12-16-8-6-5-7-9-16)15-19(17)23-21(27)18-10-11-20(28-3)24-22(18)29-4/h5-11,17,19H,12-15H2,1-4H3,(H,23,27)/t17-,19-/m1/s1. The van der Waals surface area contributed by atoms with Gasteiger partial charge in [-0.25, -0.2) is 0 Å². The Hall–Kier alpha value is -2.64. The summed E-state index contributed by atoms with van der Waals surface area (Å²) in [6.45, 7) is 3.54. The van der Waals surface area contributed by atoms with Gasteiger partial charge in [-0.15, -0.1) is 0 Å². The molecule has 3 rings (SSSR count). The highest BCUT2D eigenvalue weighted by Gasteiger charge is 2.34. The summed E-state index contributed by atoms with van der Waals surface area (Å²) in [4.78, 5) is 21.8. The van der Waals surface area contributed by atoms with E-state index in [0.717, 1.165) is 26.2 Å². The molecule has 29 heavy (non-hydrogen) atoms. The van der Waals surface area contributed by atoms with Gasteiger partial charge >= 0.3 is 0 Å². The first kappa shape index (κ1) is 21.1. The maximum atomic E-state index is 13.0. The monoisotopic (exact) mass is 398 g/mol. The van der Waals surface area contributed by atoms with Gasteiger partial charge in [0.25, 0.3) is 5.91 Å². The number of carbonyl (C=O) groups excluding carboxylic acids is 1. The minimum Gasteiger partial charge on any atom is -0.481 e. The molecule has 1 aromatic carbocycles. The van der Waals surface area contributed by atoms with Gasteiger partial charge in [-0.05, 0) is 25.7 Å². The third kappa shape index (κ3) is 5.46. The van der Waals surface area contributed by atoms with Crippen molar-refractivity contribution >= 4 is 5.91 Å². The predicted molar refractivity (Wildman–Crippen MR) is 112 cm³/mol. The highest BCUT2D eigenvalue weighted by Crippen LogP contribution is 2.23. The summed E-state index contributed by atoms with van der Waals surface area (Å²) in [5.74, 6) is 0.853. The zero-order chi connectivity index (χ0) is 20.8. The van der Waals surface area contributed by atoms with Gasteiger partial charge in [-0.3, -0.25) is 9.69 Å². The van der Waals surface area contributed by atoms with Crippen molar-refractivity contribution in [3.63, 3.8) is 0 Å². The molecule has 0 spiro atoms. The number of nitrogens with zero attached hydrogens (tertiary/aromatic N) is 3. The van der Waals surface area contributed by atoms with E-state index in [1.54, 1.807) is 12.1 Å². The summed E-state index contributed by atoms with van der Waals surface area (Å²) in [7, 11) is 7.17. The Balaban J connectivity index is 1.72. The summed E-state index contributed by atoms with van der Waals surface area (Å²) in [5.41, 5.74) is 1.70. The fourth-order valence-electron chi connectivity index (χ4n) is 3.86. The number of aromatic nitrogens is 1. The number of methoxy groups -OCH3 is 2. The van der Waals surface area contributed by atoms with Crippen LogP contribution in [0.3, 0.4) is 0 Å². The van der Waals surface area contributed by atoms with Crippen LogP contribution >= 0.6 is 0 Å². The van der Waals surface area contributed by atoms with E-state index in [-0.39, 0.29) is 17.8 Å². The van der Waals surface area contributed by atoms with Crippen LogP contribution in [0.1, 0.15) is 15.9 Å². The maximum Gasteiger partial charge on any atom is 0.257 e. The van der Waals surface area contributed by atoms with Crippen LogP contribution in [0, 0.1) is 5.92 Å². The Morgan fingerprint density at radius 3 is 2.55 bits per heavy atom. The van der Waals surface area contributed by atoms with Crippen LogP contribution in [0.2, 0.25) is 0 Å². The molecule has 0 saturated carbocycles. The largest absolute Gasteiger partial charge is 0.481 e. The van der Waals surface area contributed by atoms with Crippen LogP contribution in [0.4, 0.5) is 0 Å². The molecule has 1 saturated heterocycles. The normalized spacial score (nSPS) is 19.3. The van der Waals surface area contributed by atoms with E-state index in [1.165, 1.54) is 19.8 Å². The number of benzene rings is 1. The number of carbonyl (C=O) groups is 1. The lowest BCUT2D eigenvalue weighted by Crippen LogP contribution is -2.43. The molecule has 7 nitrogen and oxygen atoms in total. The molecule has 1 aromatic heterocycles. The van der Waals surface area contributed by atoms with Gasteiger partial charge in [0.1, 0.15) is 5.56 Å². The van der Waals surface area contributed by atoms with Crippen LogP contribution < -0.4 is 14.8 Å². The number of rotatable bonds is 8. The molecule has 1 aliphatic heterocycles. The number of likely N-dealkylation sites (tertiary alicyclic amines) is 1. The summed E-state index contributed by atoms with van der Waals surface area (Å²) in [5, 5.41) is 3.21. The van der Waals surface area contributed by atoms with Crippen molar-refractivity contribution in [3.05, 3.63) is 53.6 Å². The van der Waals surface area contributed by atoms with Crippen molar-refractivity contribution in [2.75, 3.05) is 47.9 Å². The summed E-state index contributed by atoms with van der Waals surface area (Å²) in [6, 6.07) is 13.8. The lowest BCUT2D eigenvalue weighted by Gasteiger charge is -2.23. The van der Waals surface area contributed by atoms with Gasteiger partial charge in [-0.1, -0.05) is 30.3 Å². The Labute approximate surface area is 172 Å². The van der Waals surface area contributed by atoms with E-state index >= 15 is 0 Å². The number of ether oxygens (including phenoxy) is 2. The molecule has 2 atom stereocenters. The third-order valence-corrected chi connectivity index (χ3v) is 5.16. The Bertz CT molecular complexity index is 813. The molecule has 1 fully saturated rings. The molecule has 0 unspecified atom stereocenters. The first-order chi connectivity index (χ1) is 14.0. The van der Waals surface area contributed by atoms with Crippen molar-refractivity contribution < 1.29 is 14.3 Å². The SMILES string of the molecule is COc1ccc(C(=O)N[C@@H]2CN(Cc3ccccc3)C[C@H]2CN(C)C)c(OC)n1. The first-order valence-electron chi connectivity index (χ1n) is 9.81. The molecule has 1 N–H and O–H groups in total. The van der Waals surface area contributed by atoms with Crippen LogP contribution in [-0.4, -0.2) is 74.7 Å². The molecule has 0 radical (unpaired) electrons. The van der Waals surface area contributed by atoms with Crippen molar-refractivity contribution in [2.45, 2.75) is 12.6 Å². The van der Waals surface area contributed by atoms with Gasteiger partial charge in [0.2, 0.25) is 11.8 Å². The maximum absolute atomic E-state index is 13.0. The molecule has 2 aromatic rings. The molecule has 2 heterocycles. The molecule has 1 amide bonds. The lowest BCUT2D eigenvalue weighted by molar-refractivity contribution is 0.0923. The topological polar surface area (TPSA) is 66.9 Å². The summed E-state index contributed by atoms with van der Waals surface area (Å²) in [6.07, 6.45) is 0. The summed E-state index contributed by atoms with van der Waals surface area (Å²) >= 11 is 0. The number of nitrogens with one attached hydrogen (secondary N) is 1. The van der Waals surface area contributed by atoms with Crippen molar-refractivity contribution in [3.8, 4) is 11.8 Å². The van der Waals surface area contributed by atoms with Crippen LogP contribution in [0.5, 0.6) is 11.8 Å². The molecular formula is C22H30N4O3. The molecule has 0 aliphatic carbocycles. The third-order valence-electron chi connectivity index (χ3n) is 5.16. The van der Waals surface area contributed by atoms with E-state index < -0.39 is 0 Å². The second kappa shape index (κ2) is 9.71. The van der Waals surface area contributed by atoms with Gasteiger partial charge in [0, 0.05) is 44.2 Å². The highest BCUT2D eigenvalue weighted by molar-refractivity contribution is 5.96. The van der Waals surface area contributed by atoms with E-state index in [1.807, 2.05) is 6.07 Å². The van der Waals surface area contributed by atoms with Gasteiger partial charge < -0.3 is 19.7 Å². The summed E-state index contributed by atoms with van der Waals surface area (Å²) < 4.78 is 10.4. The van der Waals surface area contributed by atoms with Crippen molar-refractivity contribution in [1.29, 1.82) is 0 Å². The smallest absolute Gasteiger partial charge is 0.257 e. The molecule has 1 aliphatic rings. The second-order valence-corrected chi connectivity index (χ2v) is 7.69. The molecular weight excluding hydrogens is 368 g/mol. The zero-order valence-corrected chi connectivity index (χ0v) is 17.6. The van der Waals surface area contributed by atoms with E-state index in [4.69, 9.17) is 9.47 Å². The Kier molecular flexibility index (Phi) is 7.06. The van der Waals surface area contributed by atoms with Crippen LogP contribution in [0.15, 0.2) is 42.5 Å². The fourth-order valence-corrected chi connectivity index (χ4v) is 3.86. The molecule has 0 bridgehead atoms. The first-order valence-corrected chi connectivity index (χ1v) is 9.81. The number of amides is 1. The number of hydrogen-bond acceptors (Lipinski definition) is 6. The van der Waals surface area contributed by atoms with E-state index in [0.29, 0.717) is 17.4 Å². The van der Waals surface area contributed by atoms with E-state index in [2.05, 4.69) is 58.5 Å². The van der Waals surface area contributed by atoms with Gasteiger partial charge in [0.15, 0.2) is 0 Å². The van der Waals surface area contributed by atoms with Crippen LogP contribution in [-0.2, 0) is 6.54 Å². The van der Waals surface area contributed by atoms with Crippen molar-refractivity contribution in [2.24, 2.45) is 5.92 Å². The minimum atomic E-state index is -0.174. The van der Waals surface area contributed by atoms with Crippen molar-refractivity contribution in [1.82, 2.24) is 20.1 Å². The van der Waals surface area contributed by atoms with Gasteiger partial charge in [0.05, 0.1) is 14.2 Å².